The van der Waals surface area contributed by atoms with Crippen LogP contribution in [-0.2, 0) is 4.74 Å². The first kappa shape index (κ1) is 16.2. The fraction of sp³-hybridized carbons (Fsp3) is 0.733. The van der Waals surface area contributed by atoms with E-state index in [1.807, 2.05) is 19.2 Å². The zero-order valence-electron chi connectivity index (χ0n) is 13.2. The largest absolute Gasteiger partial charge is 0.378 e. The van der Waals surface area contributed by atoms with Crippen LogP contribution in [0.4, 0.5) is 4.79 Å². The maximum absolute atomic E-state index is 12.0. The molecule has 0 aliphatic carbocycles. The summed E-state index contributed by atoms with van der Waals surface area (Å²) in [6.07, 6.45) is 1.27. The van der Waals surface area contributed by atoms with E-state index in [0.29, 0.717) is 18.4 Å². The smallest absolute Gasteiger partial charge is 0.315 e. The third-order valence-corrected chi connectivity index (χ3v) is 4.67. The highest BCUT2D eigenvalue weighted by Gasteiger charge is 2.30. The van der Waals surface area contributed by atoms with Gasteiger partial charge in [-0.05, 0) is 26.2 Å². The summed E-state index contributed by atoms with van der Waals surface area (Å²) in [6, 6.07) is -0.210. The highest BCUT2D eigenvalue weighted by molar-refractivity contribution is 7.09. The minimum atomic E-state index is -0.137. The number of hydrogen-bond donors (Lipinski definition) is 2. The van der Waals surface area contributed by atoms with Crippen molar-refractivity contribution in [2.24, 2.45) is 11.8 Å². The number of thiazole rings is 1. The molecule has 1 fully saturated rings. The molecule has 6 heteroatoms. The molecule has 2 amide bonds. The molecule has 2 rings (SSSR count). The summed E-state index contributed by atoms with van der Waals surface area (Å²) >= 11 is 1.60. The van der Waals surface area contributed by atoms with Crippen LogP contribution < -0.4 is 10.6 Å². The standard InChI is InChI=1S/C15H25N3O2S/c1-9(2)14-12(5-6-20-14)7-16-15(19)17-10(3)13-8-21-11(4)18-13/h8-10,12,14H,5-7H2,1-4H3,(H2,16,17,19)/t10-,12+,14+/m0/s1. The van der Waals surface area contributed by atoms with Gasteiger partial charge in [-0.15, -0.1) is 11.3 Å². The quantitative estimate of drug-likeness (QED) is 0.879. The lowest BCUT2D eigenvalue weighted by atomic mass is 9.93. The number of amides is 2. The molecular weight excluding hydrogens is 286 g/mol. The van der Waals surface area contributed by atoms with Crippen molar-refractivity contribution in [3.63, 3.8) is 0 Å². The summed E-state index contributed by atoms with van der Waals surface area (Å²) < 4.78 is 5.73. The lowest BCUT2D eigenvalue weighted by Crippen LogP contribution is -2.41. The molecule has 2 N–H and O–H groups in total. The van der Waals surface area contributed by atoms with Gasteiger partial charge in [-0.1, -0.05) is 13.8 Å². The molecule has 1 aliphatic rings. The van der Waals surface area contributed by atoms with E-state index in [1.54, 1.807) is 11.3 Å². The van der Waals surface area contributed by atoms with E-state index in [0.717, 1.165) is 23.7 Å². The van der Waals surface area contributed by atoms with E-state index in [9.17, 15) is 4.79 Å². The van der Waals surface area contributed by atoms with E-state index in [2.05, 4.69) is 29.5 Å². The average molecular weight is 311 g/mol. The number of carbonyl (C=O) groups is 1. The van der Waals surface area contributed by atoms with Crippen molar-refractivity contribution in [3.05, 3.63) is 16.1 Å². The molecule has 1 aliphatic heterocycles. The van der Waals surface area contributed by atoms with Crippen molar-refractivity contribution in [1.82, 2.24) is 15.6 Å². The van der Waals surface area contributed by atoms with Gasteiger partial charge >= 0.3 is 6.03 Å². The summed E-state index contributed by atoms with van der Waals surface area (Å²) in [7, 11) is 0. The molecule has 0 bridgehead atoms. The van der Waals surface area contributed by atoms with Gasteiger partial charge in [0.2, 0.25) is 0 Å². The summed E-state index contributed by atoms with van der Waals surface area (Å²) in [5.74, 6) is 0.895. The summed E-state index contributed by atoms with van der Waals surface area (Å²) in [5.41, 5.74) is 0.914. The van der Waals surface area contributed by atoms with Gasteiger partial charge in [-0.2, -0.15) is 0 Å². The minimum absolute atomic E-state index is 0.0735. The van der Waals surface area contributed by atoms with Crippen LogP contribution in [0.1, 0.15) is 43.9 Å². The van der Waals surface area contributed by atoms with Gasteiger partial charge < -0.3 is 15.4 Å². The molecule has 0 unspecified atom stereocenters. The van der Waals surface area contributed by atoms with E-state index < -0.39 is 0 Å². The van der Waals surface area contributed by atoms with Crippen molar-refractivity contribution in [2.75, 3.05) is 13.2 Å². The number of hydrogen-bond acceptors (Lipinski definition) is 4. The average Bonchev–Trinajstić information content (AvgIpc) is 3.04. The maximum Gasteiger partial charge on any atom is 0.315 e. The third kappa shape index (κ3) is 4.41. The fourth-order valence-electron chi connectivity index (χ4n) is 2.74. The number of carbonyl (C=O) groups excluding carboxylic acids is 1. The van der Waals surface area contributed by atoms with Crippen LogP contribution in [0.5, 0.6) is 0 Å². The lowest BCUT2D eigenvalue weighted by Gasteiger charge is -2.22. The van der Waals surface area contributed by atoms with Crippen LogP contribution in [0.2, 0.25) is 0 Å². The number of urea groups is 1. The van der Waals surface area contributed by atoms with Crippen molar-refractivity contribution in [1.29, 1.82) is 0 Å². The van der Waals surface area contributed by atoms with E-state index in [4.69, 9.17) is 4.74 Å². The Bertz CT molecular complexity index is 475. The second-order valence-corrected chi connectivity index (χ2v) is 7.06. The van der Waals surface area contributed by atoms with Gasteiger partial charge in [0.15, 0.2) is 0 Å². The first-order valence-electron chi connectivity index (χ1n) is 7.55. The van der Waals surface area contributed by atoms with Gasteiger partial charge in [0.25, 0.3) is 0 Å². The lowest BCUT2D eigenvalue weighted by molar-refractivity contribution is 0.0545. The summed E-state index contributed by atoms with van der Waals surface area (Å²) in [4.78, 5) is 16.4. The molecule has 5 nitrogen and oxygen atoms in total. The Labute approximate surface area is 130 Å². The fourth-order valence-corrected chi connectivity index (χ4v) is 3.44. The second kappa shape index (κ2) is 7.22. The molecule has 1 saturated heterocycles. The Balaban J connectivity index is 1.77. The Morgan fingerprint density at radius 2 is 2.29 bits per heavy atom. The molecule has 3 atom stereocenters. The molecule has 1 aromatic heterocycles. The van der Waals surface area contributed by atoms with Crippen LogP contribution in [0.25, 0.3) is 0 Å². The van der Waals surface area contributed by atoms with Crippen molar-refractivity contribution >= 4 is 17.4 Å². The number of aromatic nitrogens is 1. The number of rotatable bonds is 5. The molecule has 21 heavy (non-hydrogen) atoms. The normalized spacial score (nSPS) is 23.3. The third-order valence-electron chi connectivity index (χ3n) is 3.87. The topological polar surface area (TPSA) is 63.2 Å². The Hall–Kier alpha value is -1.14. The summed E-state index contributed by atoms with van der Waals surface area (Å²) in [5, 5.41) is 8.90. The predicted octanol–water partition coefficient (Wildman–Crippen LogP) is 2.87. The molecule has 2 heterocycles. The maximum atomic E-state index is 12.0. The van der Waals surface area contributed by atoms with Crippen LogP contribution in [0.15, 0.2) is 5.38 Å². The molecular formula is C15H25N3O2S. The van der Waals surface area contributed by atoms with Crippen LogP contribution >= 0.6 is 11.3 Å². The van der Waals surface area contributed by atoms with Gasteiger partial charge in [0, 0.05) is 24.4 Å². The highest BCUT2D eigenvalue weighted by atomic mass is 32.1. The predicted molar refractivity (Wildman–Crippen MR) is 84.5 cm³/mol. The first-order valence-corrected chi connectivity index (χ1v) is 8.43. The van der Waals surface area contributed by atoms with Crippen LogP contribution in [0.3, 0.4) is 0 Å². The second-order valence-electron chi connectivity index (χ2n) is 6.00. The Kier molecular flexibility index (Phi) is 5.58. The monoisotopic (exact) mass is 311 g/mol. The zero-order valence-corrected chi connectivity index (χ0v) is 14.0. The zero-order chi connectivity index (χ0) is 15.4. The molecule has 0 aromatic carbocycles. The van der Waals surface area contributed by atoms with E-state index >= 15 is 0 Å². The molecule has 0 spiro atoms. The Morgan fingerprint density at radius 1 is 1.52 bits per heavy atom. The Morgan fingerprint density at radius 3 is 2.90 bits per heavy atom. The van der Waals surface area contributed by atoms with Crippen LogP contribution in [0, 0.1) is 18.8 Å². The highest BCUT2D eigenvalue weighted by Crippen LogP contribution is 2.26. The van der Waals surface area contributed by atoms with E-state index in [-0.39, 0.29) is 18.2 Å². The number of aryl methyl sites for hydroxylation is 1. The van der Waals surface area contributed by atoms with Gasteiger partial charge in [-0.25, -0.2) is 9.78 Å². The van der Waals surface area contributed by atoms with Crippen LogP contribution in [-0.4, -0.2) is 30.3 Å². The SMILES string of the molecule is Cc1nc([C@H](C)NC(=O)NC[C@H]2CCO[C@@H]2C(C)C)cs1. The molecule has 0 saturated carbocycles. The molecule has 0 radical (unpaired) electrons. The van der Waals surface area contributed by atoms with E-state index in [1.165, 1.54) is 0 Å². The number of ether oxygens (including phenoxy) is 1. The number of nitrogens with zero attached hydrogens (tertiary/aromatic N) is 1. The van der Waals surface area contributed by atoms with Gasteiger partial charge in [0.05, 0.1) is 22.8 Å². The van der Waals surface area contributed by atoms with Crippen molar-refractivity contribution in [2.45, 2.75) is 46.3 Å². The van der Waals surface area contributed by atoms with Gasteiger partial charge in [-0.3, -0.25) is 0 Å². The minimum Gasteiger partial charge on any atom is -0.378 e. The van der Waals surface area contributed by atoms with Crippen molar-refractivity contribution < 1.29 is 9.53 Å². The first-order chi connectivity index (χ1) is 9.97. The number of nitrogens with one attached hydrogen (secondary N) is 2. The van der Waals surface area contributed by atoms with Gasteiger partial charge in [0.1, 0.15) is 0 Å². The van der Waals surface area contributed by atoms with Crippen molar-refractivity contribution in [3.8, 4) is 0 Å². The molecule has 118 valence electrons. The molecule has 1 aromatic rings. The summed E-state index contributed by atoms with van der Waals surface area (Å²) in [6.45, 7) is 9.70.